The Bertz CT molecular complexity index is 51.6. The minimum absolute atomic E-state index is 0.333. The third kappa shape index (κ3) is 3.44. The summed E-state index contributed by atoms with van der Waals surface area (Å²) in [7, 11) is 5.59. The average molecular weight is 136 g/mol. The topological polar surface area (TPSA) is 0 Å². The lowest BCUT2D eigenvalue weighted by atomic mass is 10.1. The average Bonchev–Trinajstić information content (AvgIpc) is 1.31. The van der Waals surface area contributed by atoms with E-state index in [0.29, 0.717) is 4.90 Å². The summed E-state index contributed by atoms with van der Waals surface area (Å²) in [4.78, 5) is 0.333. The van der Waals surface area contributed by atoms with Gasteiger partial charge in [0, 0.05) is 0 Å². The molecule has 0 saturated carbocycles. The van der Waals surface area contributed by atoms with E-state index in [-0.39, 0.29) is 0 Å². The van der Waals surface area contributed by atoms with Crippen molar-refractivity contribution in [2.24, 2.45) is 5.92 Å². The van der Waals surface area contributed by atoms with Gasteiger partial charge in [-0.1, -0.05) is 20.8 Å². The van der Waals surface area contributed by atoms with E-state index in [1.165, 1.54) is 0 Å². The monoisotopic (exact) mass is 136 g/mol. The van der Waals surface area contributed by atoms with Crippen molar-refractivity contribution in [3.8, 4) is 0 Å². The highest BCUT2D eigenvalue weighted by Crippen LogP contribution is 2.33. The van der Waals surface area contributed by atoms with Crippen molar-refractivity contribution in [1.29, 1.82) is 0 Å². The van der Waals surface area contributed by atoms with E-state index >= 15 is 0 Å². The Hall–Kier alpha value is 0.860. The fourth-order valence-electron chi connectivity index (χ4n) is 0. The van der Waals surface area contributed by atoms with Crippen LogP contribution in [-0.2, 0) is 0 Å². The van der Waals surface area contributed by atoms with Crippen LogP contribution in [0.25, 0.3) is 0 Å². The molecule has 0 heterocycles. The first-order chi connectivity index (χ1) is 2.94. The van der Waals surface area contributed by atoms with Crippen LogP contribution in [0.15, 0.2) is 0 Å². The van der Waals surface area contributed by atoms with Gasteiger partial charge in [0.25, 0.3) is 0 Å². The van der Waals surface area contributed by atoms with E-state index in [1.807, 2.05) is 0 Å². The van der Waals surface area contributed by atoms with Gasteiger partial charge in [-0.15, -0.1) is 18.5 Å². The Balaban J connectivity index is 3.54. The van der Waals surface area contributed by atoms with Crippen LogP contribution >= 0.6 is 18.5 Å². The van der Waals surface area contributed by atoms with E-state index < -0.39 is 0 Å². The second kappa shape index (κ2) is 2.42. The van der Waals surface area contributed by atoms with Crippen LogP contribution in [0.4, 0.5) is 0 Å². The SMILES string of the molecule is CC(C)C(C)(P)P. The first kappa shape index (κ1) is 7.86. The molecule has 0 bridgehead atoms. The Morgan fingerprint density at radius 1 is 1.29 bits per heavy atom. The lowest BCUT2D eigenvalue weighted by Crippen LogP contribution is -2.12. The molecule has 2 heteroatoms. The highest BCUT2D eigenvalue weighted by Gasteiger charge is 2.14. The second-order valence-corrected chi connectivity index (χ2v) is 5.68. The minimum atomic E-state index is 0.333. The third-order valence-electron chi connectivity index (χ3n) is 1.24. The molecule has 0 radical (unpaired) electrons. The van der Waals surface area contributed by atoms with Crippen LogP contribution in [0, 0.1) is 5.92 Å². The molecule has 0 N–H and O–H groups in total. The Morgan fingerprint density at radius 2 is 1.43 bits per heavy atom. The largest absolute Gasteiger partial charge is 0.127 e. The summed E-state index contributed by atoms with van der Waals surface area (Å²) < 4.78 is 0. The summed E-state index contributed by atoms with van der Waals surface area (Å²) in [5.74, 6) is 0.725. The molecule has 0 amide bonds. The summed E-state index contributed by atoms with van der Waals surface area (Å²) in [6, 6.07) is 0. The van der Waals surface area contributed by atoms with E-state index in [0.717, 1.165) is 5.92 Å². The molecular formula is C5H14P2. The van der Waals surface area contributed by atoms with Crippen LogP contribution in [-0.4, -0.2) is 4.90 Å². The van der Waals surface area contributed by atoms with Gasteiger partial charge in [0.05, 0.1) is 0 Å². The van der Waals surface area contributed by atoms with Crippen LogP contribution in [0.5, 0.6) is 0 Å². The van der Waals surface area contributed by atoms with Crippen LogP contribution in [0.3, 0.4) is 0 Å². The third-order valence-corrected chi connectivity index (χ3v) is 2.58. The van der Waals surface area contributed by atoms with Crippen molar-refractivity contribution in [2.75, 3.05) is 0 Å². The first-order valence-corrected chi connectivity index (χ1v) is 3.68. The van der Waals surface area contributed by atoms with E-state index in [9.17, 15) is 0 Å². The van der Waals surface area contributed by atoms with Crippen molar-refractivity contribution >= 4 is 18.5 Å². The minimum Gasteiger partial charge on any atom is -0.127 e. The molecule has 0 saturated heterocycles. The van der Waals surface area contributed by atoms with Gasteiger partial charge in [0.2, 0.25) is 0 Å². The summed E-state index contributed by atoms with van der Waals surface area (Å²) in [5, 5.41) is 0. The maximum Gasteiger partial charge on any atom is -0.00123 e. The molecule has 7 heavy (non-hydrogen) atoms. The predicted octanol–water partition coefficient (Wildman–Crippen LogP) is 2.11. The molecule has 0 aliphatic carbocycles. The van der Waals surface area contributed by atoms with Crippen molar-refractivity contribution in [3.05, 3.63) is 0 Å². The van der Waals surface area contributed by atoms with Crippen molar-refractivity contribution < 1.29 is 0 Å². The molecule has 2 unspecified atom stereocenters. The maximum atomic E-state index is 2.79. The highest BCUT2D eigenvalue weighted by molar-refractivity contribution is 7.39. The number of hydrogen-bond acceptors (Lipinski definition) is 0. The van der Waals surface area contributed by atoms with Gasteiger partial charge < -0.3 is 0 Å². The lowest BCUT2D eigenvalue weighted by Gasteiger charge is -2.22. The normalized spacial score (nSPS) is 12.9. The summed E-state index contributed by atoms with van der Waals surface area (Å²) in [6.07, 6.45) is 0. The summed E-state index contributed by atoms with van der Waals surface area (Å²) in [5.41, 5.74) is 0. The quantitative estimate of drug-likeness (QED) is 0.484. The van der Waals surface area contributed by atoms with Gasteiger partial charge in [0.15, 0.2) is 0 Å². The smallest absolute Gasteiger partial charge is 0.00123 e. The molecule has 0 aliphatic rings. The highest BCUT2D eigenvalue weighted by atomic mass is 31.1. The zero-order valence-corrected chi connectivity index (χ0v) is 7.54. The van der Waals surface area contributed by atoms with Gasteiger partial charge in [-0.2, -0.15) is 0 Å². The van der Waals surface area contributed by atoms with Crippen LogP contribution in [0.2, 0.25) is 0 Å². The van der Waals surface area contributed by atoms with Crippen molar-refractivity contribution in [1.82, 2.24) is 0 Å². The standard InChI is InChI=1S/C5H14P2/c1-4(2)5(3,6)7/h4H,6-7H2,1-3H3. The molecule has 0 aromatic carbocycles. The molecule has 0 nitrogen and oxygen atoms in total. The molecule has 0 aromatic rings. The number of rotatable bonds is 1. The molecule has 0 aliphatic heterocycles. The fraction of sp³-hybridized carbons (Fsp3) is 1.00. The molecule has 0 rings (SSSR count). The zero-order chi connectivity index (χ0) is 6.08. The zero-order valence-electron chi connectivity index (χ0n) is 5.23. The molecule has 2 atom stereocenters. The Morgan fingerprint density at radius 3 is 1.43 bits per heavy atom. The van der Waals surface area contributed by atoms with Crippen LogP contribution < -0.4 is 0 Å². The van der Waals surface area contributed by atoms with Crippen molar-refractivity contribution in [2.45, 2.75) is 25.7 Å². The second-order valence-electron chi connectivity index (χ2n) is 2.52. The first-order valence-electron chi connectivity index (χ1n) is 2.52. The molecule has 0 fully saturated rings. The lowest BCUT2D eigenvalue weighted by molar-refractivity contribution is 0.604. The van der Waals surface area contributed by atoms with E-state index in [2.05, 4.69) is 39.3 Å². The van der Waals surface area contributed by atoms with Crippen LogP contribution in [0.1, 0.15) is 20.8 Å². The predicted molar refractivity (Wildman–Crippen MR) is 42.7 cm³/mol. The maximum absolute atomic E-state index is 2.79. The fourth-order valence-corrected chi connectivity index (χ4v) is 0. The Kier molecular flexibility index (Phi) is 2.72. The molecule has 0 spiro atoms. The summed E-state index contributed by atoms with van der Waals surface area (Å²) >= 11 is 0. The van der Waals surface area contributed by atoms with E-state index in [4.69, 9.17) is 0 Å². The molecule has 44 valence electrons. The summed E-state index contributed by atoms with van der Waals surface area (Å²) in [6.45, 7) is 6.60. The Labute approximate surface area is 50.9 Å². The van der Waals surface area contributed by atoms with Gasteiger partial charge in [-0.25, -0.2) is 0 Å². The van der Waals surface area contributed by atoms with Gasteiger partial charge >= 0.3 is 0 Å². The molecular weight excluding hydrogens is 122 g/mol. The van der Waals surface area contributed by atoms with Gasteiger partial charge in [-0.05, 0) is 10.8 Å². The number of hydrogen-bond donors (Lipinski definition) is 0. The van der Waals surface area contributed by atoms with E-state index in [1.54, 1.807) is 0 Å². The molecule has 0 aromatic heterocycles. The van der Waals surface area contributed by atoms with Gasteiger partial charge in [0.1, 0.15) is 0 Å². The van der Waals surface area contributed by atoms with Gasteiger partial charge in [-0.3, -0.25) is 0 Å². The van der Waals surface area contributed by atoms with Crippen molar-refractivity contribution in [3.63, 3.8) is 0 Å².